The van der Waals surface area contributed by atoms with Gasteiger partial charge >= 0.3 is 6.03 Å². The quantitative estimate of drug-likeness (QED) is 0.876. The van der Waals surface area contributed by atoms with Crippen LogP contribution in [0.2, 0.25) is 0 Å². The summed E-state index contributed by atoms with van der Waals surface area (Å²) in [4.78, 5) is 18.3. The van der Waals surface area contributed by atoms with Crippen LogP contribution in [-0.2, 0) is 12.0 Å². The third-order valence-electron chi connectivity index (χ3n) is 3.71. The first kappa shape index (κ1) is 17.8. The summed E-state index contributed by atoms with van der Waals surface area (Å²) < 4.78 is 5.65. The molecule has 0 saturated carbocycles. The molecule has 0 aliphatic carbocycles. The summed E-state index contributed by atoms with van der Waals surface area (Å²) >= 11 is 0. The molecule has 2 amide bonds. The molecule has 6 nitrogen and oxygen atoms in total. The van der Waals surface area contributed by atoms with Crippen molar-refractivity contribution in [3.63, 3.8) is 0 Å². The van der Waals surface area contributed by atoms with Crippen molar-refractivity contribution in [2.75, 3.05) is 23.8 Å². The van der Waals surface area contributed by atoms with E-state index in [-0.39, 0.29) is 18.0 Å². The molecule has 0 aliphatic heterocycles. The molecular formula is C18H26N4O2. The van der Waals surface area contributed by atoms with Crippen LogP contribution in [0, 0.1) is 0 Å². The highest BCUT2D eigenvalue weighted by Crippen LogP contribution is 2.22. The van der Waals surface area contributed by atoms with Crippen molar-refractivity contribution < 1.29 is 9.21 Å². The molecular weight excluding hydrogens is 304 g/mol. The highest BCUT2D eigenvalue weighted by molar-refractivity contribution is 5.89. The van der Waals surface area contributed by atoms with Gasteiger partial charge in [-0.25, -0.2) is 9.78 Å². The molecule has 24 heavy (non-hydrogen) atoms. The summed E-state index contributed by atoms with van der Waals surface area (Å²) in [7, 11) is 2.01. The van der Waals surface area contributed by atoms with Crippen LogP contribution in [0.5, 0.6) is 0 Å². The zero-order valence-electron chi connectivity index (χ0n) is 15.0. The van der Waals surface area contributed by atoms with Gasteiger partial charge in [-0.05, 0) is 25.1 Å². The van der Waals surface area contributed by atoms with Crippen LogP contribution in [0.15, 0.2) is 34.9 Å². The van der Waals surface area contributed by atoms with E-state index in [0.717, 1.165) is 23.7 Å². The van der Waals surface area contributed by atoms with Gasteiger partial charge in [0.2, 0.25) is 5.89 Å². The number of nitrogens with one attached hydrogen (secondary N) is 2. The average molecular weight is 330 g/mol. The number of hydrogen-bond donors (Lipinski definition) is 2. The maximum absolute atomic E-state index is 12.0. The molecule has 1 heterocycles. The molecule has 0 fully saturated rings. The molecule has 130 valence electrons. The number of anilines is 2. The maximum atomic E-state index is 12.0. The first-order valence-electron chi connectivity index (χ1n) is 8.11. The lowest BCUT2D eigenvalue weighted by atomic mass is 9.94. The number of carbonyl (C=O) groups is 1. The third-order valence-corrected chi connectivity index (χ3v) is 3.71. The van der Waals surface area contributed by atoms with Gasteiger partial charge in [-0.3, -0.25) is 0 Å². The predicted octanol–water partition coefficient (Wildman–Crippen LogP) is 3.75. The summed E-state index contributed by atoms with van der Waals surface area (Å²) in [5.41, 5.74) is 1.70. The number of amides is 2. The molecule has 0 radical (unpaired) electrons. The fourth-order valence-electron chi connectivity index (χ4n) is 2.07. The van der Waals surface area contributed by atoms with Gasteiger partial charge < -0.3 is 20.0 Å². The van der Waals surface area contributed by atoms with Gasteiger partial charge in [-0.2, -0.15) is 0 Å². The van der Waals surface area contributed by atoms with Gasteiger partial charge in [-0.1, -0.05) is 26.8 Å². The van der Waals surface area contributed by atoms with E-state index in [2.05, 4.69) is 48.2 Å². The number of rotatable bonds is 5. The minimum Gasteiger partial charge on any atom is -0.443 e. The van der Waals surface area contributed by atoms with Gasteiger partial charge in [0, 0.05) is 30.4 Å². The summed E-state index contributed by atoms with van der Waals surface area (Å²) in [5, 5.41) is 5.58. The fraction of sp³-hybridized carbons (Fsp3) is 0.444. The highest BCUT2D eigenvalue weighted by Gasteiger charge is 2.19. The Bertz CT molecular complexity index is 688. The van der Waals surface area contributed by atoms with E-state index >= 15 is 0 Å². The topological polar surface area (TPSA) is 70.4 Å². The molecule has 1 aromatic heterocycles. The van der Waals surface area contributed by atoms with E-state index in [1.807, 2.05) is 31.3 Å². The second-order valence-electron chi connectivity index (χ2n) is 6.74. The van der Waals surface area contributed by atoms with Gasteiger partial charge in [0.05, 0.1) is 12.7 Å². The Labute approximate surface area is 143 Å². The van der Waals surface area contributed by atoms with Crippen LogP contribution in [0.4, 0.5) is 16.2 Å². The average Bonchev–Trinajstić information content (AvgIpc) is 3.01. The summed E-state index contributed by atoms with van der Waals surface area (Å²) in [6.45, 7) is 9.38. The lowest BCUT2D eigenvalue weighted by molar-refractivity contribution is 0.250. The predicted molar refractivity (Wildman–Crippen MR) is 96.4 cm³/mol. The molecule has 2 aromatic rings. The van der Waals surface area contributed by atoms with Crippen molar-refractivity contribution in [2.45, 2.75) is 39.7 Å². The third kappa shape index (κ3) is 4.75. The van der Waals surface area contributed by atoms with Gasteiger partial charge in [-0.15, -0.1) is 0 Å². The van der Waals surface area contributed by atoms with E-state index in [1.165, 1.54) is 0 Å². The molecule has 2 rings (SSSR count). The van der Waals surface area contributed by atoms with Gasteiger partial charge in [0.1, 0.15) is 5.76 Å². The Morgan fingerprint density at radius 3 is 2.71 bits per heavy atom. The molecule has 0 atom stereocenters. The maximum Gasteiger partial charge on any atom is 0.319 e. The van der Waals surface area contributed by atoms with Crippen molar-refractivity contribution in [3.05, 3.63) is 42.1 Å². The number of aromatic nitrogens is 1. The Kier molecular flexibility index (Phi) is 5.49. The van der Waals surface area contributed by atoms with E-state index in [0.29, 0.717) is 5.89 Å². The SMILES string of the molecule is CCN(C)c1cccc(NC(=O)NCc2ncc(C(C)(C)C)o2)c1. The molecule has 0 unspecified atom stereocenters. The standard InChI is InChI=1S/C18H26N4O2/c1-6-22(5)14-9-7-8-13(10-14)21-17(23)20-12-16-19-11-15(24-16)18(2,3)4/h7-11H,6,12H2,1-5H3,(H2,20,21,23). The Hall–Kier alpha value is -2.50. The van der Waals surface area contributed by atoms with Crippen LogP contribution in [0.25, 0.3) is 0 Å². The van der Waals surface area contributed by atoms with Gasteiger partial charge in [0.15, 0.2) is 0 Å². The Morgan fingerprint density at radius 2 is 2.08 bits per heavy atom. The van der Waals surface area contributed by atoms with Crippen molar-refractivity contribution in [2.24, 2.45) is 0 Å². The monoisotopic (exact) mass is 330 g/mol. The van der Waals surface area contributed by atoms with Crippen LogP contribution < -0.4 is 15.5 Å². The number of urea groups is 1. The zero-order valence-corrected chi connectivity index (χ0v) is 15.0. The van der Waals surface area contributed by atoms with Crippen molar-refractivity contribution >= 4 is 17.4 Å². The largest absolute Gasteiger partial charge is 0.443 e. The fourth-order valence-corrected chi connectivity index (χ4v) is 2.07. The molecule has 1 aromatic carbocycles. The second-order valence-corrected chi connectivity index (χ2v) is 6.74. The molecule has 0 aliphatic rings. The number of hydrogen-bond acceptors (Lipinski definition) is 4. The number of nitrogens with zero attached hydrogens (tertiary/aromatic N) is 2. The van der Waals surface area contributed by atoms with Crippen molar-refractivity contribution in [1.82, 2.24) is 10.3 Å². The molecule has 0 saturated heterocycles. The zero-order chi connectivity index (χ0) is 17.7. The summed E-state index contributed by atoms with van der Waals surface area (Å²) in [6.07, 6.45) is 1.71. The van der Waals surface area contributed by atoms with Crippen molar-refractivity contribution in [3.8, 4) is 0 Å². The molecule has 2 N–H and O–H groups in total. The second kappa shape index (κ2) is 7.38. The lowest BCUT2D eigenvalue weighted by Gasteiger charge is -2.17. The van der Waals surface area contributed by atoms with E-state index in [4.69, 9.17) is 4.42 Å². The number of oxazole rings is 1. The summed E-state index contributed by atoms with van der Waals surface area (Å²) in [6, 6.07) is 7.43. The van der Waals surface area contributed by atoms with Crippen LogP contribution in [-0.4, -0.2) is 24.6 Å². The molecule has 0 spiro atoms. The molecule has 0 bridgehead atoms. The number of benzene rings is 1. The summed E-state index contributed by atoms with van der Waals surface area (Å²) in [5.74, 6) is 1.30. The highest BCUT2D eigenvalue weighted by atomic mass is 16.4. The smallest absolute Gasteiger partial charge is 0.319 e. The minimum atomic E-state index is -0.290. The van der Waals surface area contributed by atoms with Crippen LogP contribution in [0.3, 0.4) is 0 Å². The van der Waals surface area contributed by atoms with E-state index < -0.39 is 0 Å². The lowest BCUT2D eigenvalue weighted by Crippen LogP contribution is -2.28. The van der Waals surface area contributed by atoms with E-state index in [9.17, 15) is 4.79 Å². The van der Waals surface area contributed by atoms with Crippen LogP contribution in [0.1, 0.15) is 39.3 Å². The van der Waals surface area contributed by atoms with Gasteiger partial charge in [0.25, 0.3) is 0 Å². The van der Waals surface area contributed by atoms with Crippen LogP contribution >= 0.6 is 0 Å². The Balaban J connectivity index is 1.91. The first-order valence-corrected chi connectivity index (χ1v) is 8.11. The Morgan fingerprint density at radius 1 is 1.33 bits per heavy atom. The number of carbonyl (C=O) groups excluding carboxylic acids is 1. The minimum absolute atomic E-state index is 0.0980. The van der Waals surface area contributed by atoms with E-state index in [1.54, 1.807) is 6.20 Å². The first-order chi connectivity index (χ1) is 11.3. The molecule has 6 heteroatoms. The van der Waals surface area contributed by atoms with Crippen molar-refractivity contribution in [1.29, 1.82) is 0 Å². The normalized spacial score (nSPS) is 11.2.